The summed E-state index contributed by atoms with van der Waals surface area (Å²) < 4.78 is 1.02. The summed E-state index contributed by atoms with van der Waals surface area (Å²) in [5.41, 5.74) is 12.5. The summed E-state index contributed by atoms with van der Waals surface area (Å²) in [6, 6.07) is 7.70. The highest BCUT2D eigenvalue weighted by Gasteiger charge is 2.15. The molecule has 3 aromatic rings. The number of aromatic nitrogens is 1. The minimum atomic E-state index is -0.101. The van der Waals surface area contributed by atoms with Crippen LogP contribution >= 0.6 is 11.3 Å². The number of carbonyl (C=O) groups is 1. The third kappa shape index (κ3) is 2.80. The lowest BCUT2D eigenvalue weighted by Gasteiger charge is -2.13. The van der Waals surface area contributed by atoms with Gasteiger partial charge in [0.1, 0.15) is 0 Å². The van der Waals surface area contributed by atoms with E-state index in [1.807, 2.05) is 52.0 Å². The van der Waals surface area contributed by atoms with Crippen LogP contribution in [0.1, 0.15) is 32.6 Å². The van der Waals surface area contributed by atoms with Gasteiger partial charge in [-0.3, -0.25) is 4.79 Å². The van der Waals surface area contributed by atoms with Gasteiger partial charge in [-0.25, -0.2) is 4.98 Å². The average Bonchev–Trinajstić information content (AvgIpc) is 2.86. The standard InChI is InChI=1S/C18H19N3OS/c1-9-5-6-13(7-10(9)2)17(22)21-15-11(3)8-14-16(12(15)4)23-18(19)20-14/h5-8H,1-4H3,(H2,19,20)(H,21,22). The zero-order valence-electron chi connectivity index (χ0n) is 13.7. The third-order valence-electron chi connectivity index (χ3n) is 4.14. The molecule has 1 heterocycles. The minimum Gasteiger partial charge on any atom is -0.375 e. The van der Waals surface area contributed by atoms with E-state index in [9.17, 15) is 4.79 Å². The van der Waals surface area contributed by atoms with Crippen LogP contribution in [0.3, 0.4) is 0 Å². The van der Waals surface area contributed by atoms with E-state index in [-0.39, 0.29) is 5.91 Å². The van der Waals surface area contributed by atoms with Gasteiger partial charge in [-0.05, 0) is 68.1 Å². The molecule has 4 nitrogen and oxygen atoms in total. The molecule has 2 aromatic carbocycles. The highest BCUT2D eigenvalue weighted by Crippen LogP contribution is 2.34. The number of amides is 1. The van der Waals surface area contributed by atoms with Crippen LogP contribution < -0.4 is 11.1 Å². The maximum absolute atomic E-state index is 12.6. The van der Waals surface area contributed by atoms with Crippen molar-refractivity contribution in [2.24, 2.45) is 0 Å². The number of hydrogen-bond donors (Lipinski definition) is 2. The highest BCUT2D eigenvalue weighted by atomic mass is 32.1. The molecule has 0 aliphatic heterocycles. The van der Waals surface area contributed by atoms with Gasteiger partial charge >= 0.3 is 0 Å². The fourth-order valence-corrected chi connectivity index (χ4v) is 3.48. The summed E-state index contributed by atoms with van der Waals surface area (Å²) in [6.07, 6.45) is 0. The molecule has 0 radical (unpaired) electrons. The van der Waals surface area contributed by atoms with E-state index < -0.39 is 0 Å². The summed E-state index contributed by atoms with van der Waals surface area (Å²) in [6.45, 7) is 8.00. The maximum atomic E-state index is 12.6. The Balaban J connectivity index is 2.00. The number of fused-ring (bicyclic) bond motifs is 1. The van der Waals surface area contributed by atoms with Gasteiger partial charge in [-0.2, -0.15) is 0 Å². The number of aryl methyl sites for hydroxylation is 4. The Hall–Kier alpha value is -2.40. The Morgan fingerprint density at radius 1 is 1.09 bits per heavy atom. The monoisotopic (exact) mass is 325 g/mol. The molecule has 0 saturated carbocycles. The molecule has 23 heavy (non-hydrogen) atoms. The number of nitrogens with two attached hydrogens (primary N) is 1. The zero-order valence-corrected chi connectivity index (χ0v) is 14.5. The first-order chi connectivity index (χ1) is 10.9. The van der Waals surface area contributed by atoms with Gasteiger partial charge in [-0.15, -0.1) is 0 Å². The van der Waals surface area contributed by atoms with E-state index in [1.54, 1.807) is 0 Å². The molecule has 0 atom stereocenters. The Labute approximate surface area is 139 Å². The maximum Gasteiger partial charge on any atom is 0.255 e. The number of hydrogen-bond acceptors (Lipinski definition) is 4. The van der Waals surface area contributed by atoms with Gasteiger partial charge in [0.2, 0.25) is 0 Å². The minimum absolute atomic E-state index is 0.101. The van der Waals surface area contributed by atoms with Crippen LogP contribution in [-0.2, 0) is 0 Å². The molecule has 118 valence electrons. The number of benzene rings is 2. The molecule has 0 unspecified atom stereocenters. The molecule has 0 fully saturated rings. The number of carbonyl (C=O) groups excluding carboxylic acids is 1. The van der Waals surface area contributed by atoms with Crippen LogP contribution in [0.15, 0.2) is 24.3 Å². The lowest BCUT2D eigenvalue weighted by atomic mass is 10.0. The molecule has 0 bridgehead atoms. The Morgan fingerprint density at radius 2 is 1.83 bits per heavy atom. The van der Waals surface area contributed by atoms with Crippen molar-refractivity contribution in [3.8, 4) is 0 Å². The first kappa shape index (κ1) is 15.5. The smallest absolute Gasteiger partial charge is 0.255 e. The average molecular weight is 325 g/mol. The first-order valence-corrected chi connectivity index (χ1v) is 8.23. The predicted molar refractivity (Wildman–Crippen MR) is 97.4 cm³/mol. The van der Waals surface area contributed by atoms with E-state index >= 15 is 0 Å². The van der Waals surface area contributed by atoms with Crippen molar-refractivity contribution in [1.82, 2.24) is 4.98 Å². The summed E-state index contributed by atoms with van der Waals surface area (Å²) in [7, 11) is 0. The molecule has 1 amide bonds. The van der Waals surface area contributed by atoms with Gasteiger partial charge in [0.15, 0.2) is 5.13 Å². The van der Waals surface area contributed by atoms with Crippen molar-refractivity contribution in [1.29, 1.82) is 0 Å². The zero-order chi connectivity index (χ0) is 16.7. The van der Waals surface area contributed by atoms with Crippen LogP contribution in [-0.4, -0.2) is 10.9 Å². The van der Waals surface area contributed by atoms with Crippen LogP contribution in [0, 0.1) is 27.7 Å². The second-order valence-corrected chi connectivity index (χ2v) is 6.88. The summed E-state index contributed by atoms with van der Waals surface area (Å²) in [4.78, 5) is 16.9. The number of nitrogen functional groups attached to an aromatic ring is 1. The topological polar surface area (TPSA) is 68.0 Å². The Kier molecular flexibility index (Phi) is 3.82. The van der Waals surface area contributed by atoms with E-state index in [0.717, 1.165) is 32.6 Å². The Bertz CT molecular complexity index is 928. The number of rotatable bonds is 2. The number of nitrogens with one attached hydrogen (secondary N) is 1. The third-order valence-corrected chi connectivity index (χ3v) is 5.16. The normalized spacial score (nSPS) is 11.0. The number of anilines is 2. The van der Waals surface area contributed by atoms with Gasteiger partial charge in [0.05, 0.1) is 10.2 Å². The van der Waals surface area contributed by atoms with Crippen LogP contribution in [0.4, 0.5) is 10.8 Å². The van der Waals surface area contributed by atoms with E-state index in [4.69, 9.17) is 5.73 Å². The molecule has 3 N–H and O–H groups in total. The van der Waals surface area contributed by atoms with Crippen molar-refractivity contribution in [2.75, 3.05) is 11.1 Å². The summed E-state index contributed by atoms with van der Waals surface area (Å²) in [5.74, 6) is -0.101. The van der Waals surface area contributed by atoms with Crippen molar-refractivity contribution in [3.63, 3.8) is 0 Å². The molecule has 0 saturated heterocycles. The van der Waals surface area contributed by atoms with Crippen LogP contribution in [0.25, 0.3) is 10.2 Å². The molecular formula is C18H19N3OS. The molecule has 0 spiro atoms. The lowest BCUT2D eigenvalue weighted by molar-refractivity contribution is 0.102. The van der Waals surface area contributed by atoms with Crippen LogP contribution in [0.2, 0.25) is 0 Å². The van der Waals surface area contributed by atoms with Crippen molar-refractivity contribution >= 4 is 38.3 Å². The fraction of sp³-hybridized carbons (Fsp3) is 0.222. The SMILES string of the molecule is Cc1ccc(C(=O)Nc2c(C)cc3nc(N)sc3c2C)cc1C. The van der Waals surface area contributed by atoms with Crippen molar-refractivity contribution < 1.29 is 4.79 Å². The molecular weight excluding hydrogens is 306 g/mol. The second kappa shape index (κ2) is 5.66. The van der Waals surface area contributed by atoms with Gasteiger partial charge < -0.3 is 11.1 Å². The van der Waals surface area contributed by atoms with Gasteiger partial charge in [-0.1, -0.05) is 17.4 Å². The number of thiazole rings is 1. The molecule has 0 aliphatic carbocycles. The second-order valence-electron chi connectivity index (χ2n) is 5.85. The van der Waals surface area contributed by atoms with Gasteiger partial charge in [0.25, 0.3) is 5.91 Å². The summed E-state index contributed by atoms with van der Waals surface area (Å²) in [5, 5.41) is 3.58. The van der Waals surface area contributed by atoms with E-state index in [0.29, 0.717) is 10.7 Å². The molecule has 0 aliphatic rings. The van der Waals surface area contributed by atoms with Gasteiger partial charge in [0, 0.05) is 11.3 Å². The van der Waals surface area contributed by atoms with Crippen molar-refractivity contribution in [2.45, 2.75) is 27.7 Å². The van der Waals surface area contributed by atoms with E-state index in [2.05, 4.69) is 10.3 Å². The molecule has 1 aromatic heterocycles. The fourth-order valence-electron chi connectivity index (χ4n) is 2.66. The molecule has 5 heteroatoms. The Morgan fingerprint density at radius 3 is 2.52 bits per heavy atom. The summed E-state index contributed by atoms with van der Waals surface area (Å²) >= 11 is 1.44. The lowest BCUT2D eigenvalue weighted by Crippen LogP contribution is -2.14. The van der Waals surface area contributed by atoms with Crippen LogP contribution in [0.5, 0.6) is 0 Å². The largest absolute Gasteiger partial charge is 0.375 e. The van der Waals surface area contributed by atoms with E-state index in [1.165, 1.54) is 16.9 Å². The van der Waals surface area contributed by atoms with Crippen molar-refractivity contribution in [3.05, 3.63) is 52.1 Å². The quantitative estimate of drug-likeness (QED) is 0.735. The first-order valence-electron chi connectivity index (χ1n) is 7.41. The predicted octanol–water partition coefficient (Wildman–Crippen LogP) is 4.36. The number of nitrogens with zero attached hydrogens (tertiary/aromatic N) is 1. The highest BCUT2D eigenvalue weighted by molar-refractivity contribution is 7.22. The molecule has 3 rings (SSSR count).